The zero-order chi connectivity index (χ0) is 21.8. The van der Waals surface area contributed by atoms with Gasteiger partial charge in [0.1, 0.15) is 17.7 Å². The molecule has 2 heterocycles. The summed E-state index contributed by atoms with van der Waals surface area (Å²) in [4.78, 5) is 19.6. The third-order valence-electron chi connectivity index (χ3n) is 5.75. The van der Waals surface area contributed by atoms with Crippen molar-refractivity contribution in [2.75, 3.05) is 18.4 Å². The van der Waals surface area contributed by atoms with Gasteiger partial charge in [0, 0.05) is 23.4 Å². The van der Waals surface area contributed by atoms with Gasteiger partial charge < -0.3 is 10.6 Å². The van der Waals surface area contributed by atoms with Gasteiger partial charge in [-0.1, -0.05) is 35.0 Å². The lowest BCUT2D eigenvalue weighted by Crippen LogP contribution is -2.14. The van der Waals surface area contributed by atoms with Crippen molar-refractivity contribution in [2.24, 2.45) is 11.3 Å². The van der Waals surface area contributed by atoms with Gasteiger partial charge in [-0.15, -0.1) is 0 Å². The average Bonchev–Trinajstić information content (AvgIpc) is 3.31. The molecule has 2 N–H and O–H groups in total. The Morgan fingerprint density at radius 3 is 2.87 bits per heavy atom. The van der Waals surface area contributed by atoms with Gasteiger partial charge in [0.05, 0.1) is 26.2 Å². The number of fused-ring (bicyclic) bond motifs is 2. The highest BCUT2D eigenvalue weighted by atomic mass is 35.5. The Balaban J connectivity index is 1.58. The number of benzene rings is 2. The molecule has 10 heteroatoms. The van der Waals surface area contributed by atoms with Gasteiger partial charge in [-0.25, -0.2) is 14.4 Å². The second-order valence-electron chi connectivity index (χ2n) is 7.65. The van der Waals surface area contributed by atoms with Crippen molar-refractivity contribution in [3.63, 3.8) is 0 Å². The Bertz CT molecular complexity index is 1320. The van der Waals surface area contributed by atoms with Gasteiger partial charge in [-0.05, 0) is 37.1 Å². The van der Waals surface area contributed by atoms with Crippen molar-refractivity contribution in [2.45, 2.75) is 6.42 Å². The number of hydrogen-bond donors (Lipinski definition) is 2. The zero-order valence-electron chi connectivity index (χ0n) is 15.9. The van der Waals surface area contributed by atoms with Crippen LogP contribution >= 0.6 is 23.2 Å². The van der Waals surface area contributed by atoms with Crippen molar-refractivity contribution in [3.05, 3.63) is 62.1 Å². The average molecular weight is 458 g/mol. The minimum Gasteiger partial charge on any atom is -0.337 e. The molecule has 2 aliphatic rings. The first-order valence-electron chi connectivity index (χ1n) is 9.45. The van der Waals surface area contributed by atoms with E-state index in [9.17, 15) is 14.5 Å². The molecular formula is C21H14Cl2FN5O2. The molecule has 5 rings (SSSR count). The van der Waals surface area contributed by atoms with E-state index in [-0.39, 0.29) is 38.2 Å². The van der Waals surface area contributed by atoms with Crippen LogP contribution in [0.25, 0.3) is 10.9 Å². The molecule has 156 valence electrons. The van der Waals surface area contributed by atoms with Crippen LogP contribution in [0.2, 0.25) is 10.0 Å². The normalized spacial score (nSPS) is 21.3. The molecule has 1 aromatic heterocycles. The fourth-order valence-corrected chi connectivity index (χ4v) is 4.23. The predicted octanol–water partition coefficient (Wildman–Crippen LogP) is 4.69. The highest BCUT2D eigenvalue weighted by Gasteiger charge is 2.56. The Labute approximate surface area is 186 Å². The van der Waals surface area contributed by atoms with Crippen LogP contribution in [0.3, 0.4) is 0 Å². The molecular weight excluding hydrogens is 444 g/mol. The third-order valence-corrected chi connectivity index (χ3v) is 6.53. The van der Waals surface area contributed by atoms with E-state index < -0.39 is 10.7 Å². The molecule has 3 aromatic rings. The zero-order valence-corrected chi connectivity index (χ0v) is 17.4. The van der Waals surface area contributed by atoms with Crippen molar-refractivity contribution >= 4 is 51.3 Å². The summed E-state index contributed by atoms with van der Waals surface area (Å²) in [6.07, 6.45) is 2.31. The Hall–Kier alpha value is -2.99. The van der Waals surface area contributed by atoms with E-state index in [4.69, 9.17) is 23.2 Å². The summed E-state index contributed by atoms with van der Waals surface area (Å²) >= 11 is 11.7. The maximum Gasteiger partial charge on any atom is 0.285 e. The van der Waals surface area contributed by atoms with E-state index >= 15 is 0 Å². The monoisotopic (exact) mass is 457 g/mol. The minimum atomic E-state index is -0.749. The first-order valence-corrected chi connectivity index (χ1v) is 10.2. The van der Waals surface area contributed by atoms with Crippen LogP contribution in [-0.4, -0.2) is 28.0 Å². The van der Waals surface area contributed by atoms with E-state index in [1.807, 2.05) is 0 Å². The van der Waals surface area contributed by atoms with E-state index in [2.05, 4.69) is 32.4 Å². The molecule has 1 saturated heterocycles. The van der Waals surface area contributed by atoms with Gasteiger partial charge in [-0.3, -0.25) is 10.1 Å². The minimum absolute atomic E-state index is 0.0357. The summed E-state index contributed by atoms with van der Waals surface area (Å²) in [5.41, 5.74) is 0.532. The highest BCUT2D eigenvalue weighted by Crippen LogP contribution is 2.54. The number of nitro groups is 1. The van der Waals surface area contributed by atoms with E-state index in [1.54, 1.807) is 6.07 Å². The van der Waals surface area contributed by atoms with Gasteiger partial charge in [0.25, 0.3) is 5.69 Å². The third kappa shape index (κ3) is 3.45. The number of piperidine rings is 1. The van der Waals surface area contributed by atoms with Gasteiger partial charge in [-0.2, -0.15) is 0 Å². The molecule has 1 saturated carbocycles. The number of aromatic nitrogens is 2. The summed E-state index contributed by atoms with van der Waals surface area (Å²) in [6.45, 7) is 1.74. The number of nitrogens with zero attached hydrogens (tertiary/aromatic N) is 3. The molecule has 2 fully saturated rings. The number of nitrogens with one attached hydrogen (secondary N) is 2. The summed E-state index contributed by atoms with van der Waals surface area (Å²) < 4.78 is 14.5. The molecule has 0 radical (unpaired) electrons. The van der Waals surface area contributed by atoms with Crippen LogP contribution < -0.4 is 10.6 Å². The van der Waals surface area contributed by atoms with Crippen LogP contribution in [0.5, 0.6) is 0 Å². The fourth-order valence-electron chi connectivity index (χ4n) is 3.92. The van der Waals surface area contributed by atoms with Crippen LogP contribution in [0.4, 0.5) is 21.6 Å². The van der Waals surface area contributed by atoms with Crippen molar-refractivity contribution in [1.82, 2.24) is 15.3 Å². The maximum absolute atomic E-state index is 14.5. The van der Waals surface area contributed by atoms with E-state index in [1.165, 1.54) is 24.5 Å². The lowest BCUT2D eigenvalue weighted by molar-refractivity contribution is -0.385. The molecule has 2 atom stereocenters. The SMILES string of the molecule is O=[N+]([O-])c1cc2c(Nc3ccc(Cl)c(Cl)c3F)ncnc2cc1C#CC12CNCC1C2. The Morgan fingerprint density at radius 2 is 2.16 bits per heavy atom. The van der Waals surface area contributed by atoms with Crippen LogP contribution in [0.1, 0.15) is 12.0 Å². The quantitative estimate of drug-likeness (QED) is 0.256. The molecule has 31 heavy (non-hydrogen) atoms. The second kappa shape index (κ2) is 7.31. The summed E-state index contributed by atoms with van der Waals surface area (Å²) in [5.74, 6) is 6.19. The molecule has 7 nitrogen and oxygen atoms in total. The summed E-state index contributed by atoms with van der Waals surface area (Å²) in [5, 5.41) is 18.0. The molecule has 2 unspecified atom stereocenters. The molecule has 1 aliphatic heterocycles. The Morgan fingerprint density at radius 1 is 1.32 bits per heavy atom. The van der Waals surface area contributed by atoms with Crippen LogP contribution in [0.15, 0.2) is 30.6 Å². The predicted molar refractivity (Wildman–Crippen MR) is 116 cm³/mol. The molecule has 0 amide bonds. The van der Waals surface area contributed by atoms with Gasteiger partial charge in [0.15, 0.2) is 5.82 Å². The molecule has 1 aliphatic carbocycles. The lowest BCUT2D eigenvalue weighted by Gasteiger charge is -2.11. The van der Waals surface area contributed by atoms with Crippen molar-refractivity contribution < 1.29 is 9.31 Å². The van der Waals surface area contributed by atoms with Gasteiger partial charge >= 0.3 is 0 Å². The van der Waals surface area contributed by atoms with E-state index in [0.29, 0.717) is 16.8 Å². The molecule has 0 bridgehead atoms. The van der Waals surface area contributed by atoms with Crippen molar-refractivity contribution in [1.29, 1.82) is 0 Å². The number of anilines is 2. The number of nitro benzene ring substituents is 1. The van der Waals surface area contributed by atoms with E-state index in [0.717, 1.165) is 19.5 Å². The fraction of sp³-hybridized carbons (Fsp3) is 0.238. The number of rotatable bonds is 3. The second-order valence-corrected chi connectivity index (χ2v) is 8.44. The van der Waals surface area contributed by atoms with Crippen molar-refractivity contribution in [3.8, 4) is 11.8 Å². The Kier molecular flexibility index (Phi) is 4.70. The lowest BCUT2D eigenvalue weighted by atomic mass is 10.0. The first-order chi connectivity index (χ1) is 14.9. The maximum atomic E-state index is 14.5. The number of halogens is 3. The highest BCUT2D eigenvalue weighted by molar-refractivity contribution is 6.42. The largest absolute Gasteiger partial charge is 0.337 e. The van der Waals surface area contributed by atoms with Crippen LogP contribution in [0, 0.1) is 39.1 Å². The number of hydrogen-bond acceptors (Lipinski definition) is 6. The first kappa shape index (κ1) is 19.9. The smallest absolute Gasteiger partial charge is 0.285 e. The topological polar surface area (TPSA) is 93.0 Å². The summed E-state index contributed by atoms with van der Waals surface area (Å²) in [7, 11) is 0. The van der Waals surface area contributed by atoms with Crippen LogP contribution in [-0.2, 0) is 0 Å². The standard InChI is InChI=1S/C21H14Cl2FN5O2/c22-14-1-2-15(19(24)18(14)23)28-20-13-6-17(29(30)31)11(5-16(13)26-10-27-20)3-4-21-7-12(21)8-25-9-21/h1-2,5-6,10,12,25H,7-9H2,(H,26,27,28). The van der Waals surface area contributed by atoms with Gasteiger partial charge in [0.2, 0.25) is 0 Å². The molecule has 2 aromatic carbocycles. The summed E-state index contributed by atoms with van der Waals surface area (Å²) in [6, 6.07) is 5.77. The molecule has 0 spiro atoms.